The number of halogens is 2. The molecule has 0 spiro atoms. The first-order chi connectivity index (χ1) is 8.54. The Morgan fingerprint density at radius 3 is 2.44 bits per heavy atom. The first-order valence-corrected chi connectivity index (χ1v) is 7.10. The van der Waals surface area contributed by atoms with E-state index in [1.165, 1.54) is 17.2 Å². The number of rotatable bonds is 5. The molecule has 0 atom stereocenters. The summed E-state index contributed by atoms with van der Waals surface area (Å²) in [4.78, 5) is 0. The molecule has 5 heteroatoms. The molecule has 18 heavy (non-hydrogen) atoms. The number of thioether (sulfide) groups is 1. The van der Waals surface area contributed by atoms with E-state index in [4.69, 9.17) is 15.7 Å². The highest BCUT2D eigenvalue weighted by Gasteiger charge is 2.17. The quantitative estimate of drug-likeness (QED) is 0.529. The summed E-state index contributed by atoms with van der Waals surface area (Å²) in [6.07, 6.45) is 5.27. The Labute approximate surface area is 115 Å². The number of allylic oxidation sites excluding steroid dienone is 4. The molecule has 0 aromatic carbocycles. The standard InChI is InChI=1S/C13H16B2F2S/c1-2-11(15)13(17)12(16)8-18-7-9-3-5-10(14)6-4-9/h2,8-10H,1,3-7H2/b12-8-,13-11-. The van der Waals surface area contributed by atoms with Crippen molar-refractivity contribution in [2.45, 2.75) is 31.5 Å². The van der Waals surface area contributed by atoms with Gasteiger partial charge in [0.1, 0.15) is 7.85 Å². The second kappa shape index (κ2) is 7.88. The van der Waals surface area contributed by atoms with Crippen molar-refractivity contribution >= 4 is 27.5 Å². The molecule has 0 aromatic rings. The van der Waals surface area contributed by atoms with Gasteiger partial charge in [-0.15, -0.1) is 11.8 Å². The van der Waals surface area contributed by atoms with Gasteiger partial charge in [-0.2, -0.15) is 0 Å². The van der Waals surface area contributed by atoms with E-state index < -0.39 is 11.7 Å². The first-order valence-electron chi connectivity index (χ1n) is 6.05. The van der Waals surface area contributed by atoms with Crippen LogP contribution in [0.5, 0.6) is 0 Å². The van der Waals surface area contributed by atoms with Crippen LogP contribution in [-0.2, 0) is 0 Å². The average Bonchev–Trinajstić information content (AvgIpc) is 2.39. The van der Waals surface area contributed by atoms with Crippen LogP contribution >= 0.6 is 11.8 Å². The highest BCUT2D eigenvalue weighted by atomic mass is 32.2. The maximum absolute atomic E-state index is 13.3. The average molecular weight is 264 g/mol. The highest BCUT2D eigenvalue weighted by molar-refractivity contribution is 8.02. The lowest BCUT2D eigenvalue weighted by Crippen LogP contribution is -2.12. The summed E-state index contributed by atoms with van der Waals surface area (Å²) in [6.45, 7) is 3.29. The SMILES string of the molecule is [B]/C(C=C)=C(F)/C(F)=C/SCC1CCC([B])CC1. The van der Waals surface area contributed by atoms with Gasteiger partial charge in [-0.25, -0.2) is 8.78 Å². The predicted octanol–water partition coefficient (Wildman–Crippen LogP) is 4.21. The van der Waals surface area contributed by atoms with Gasteiger partial charge in [-0.05, 0) is 5.92 Å². The zero-order valence-corrected chi connectivity index (χ0v) is 11.2. The zero-order chi connectivity index (χ0) is 13.5. The van der Waals surface area contributed by atoms with E-state index in [0.29, 0.717) is 11.7 Å². The summed E-state index contributed by atoms with van der Waals surface area (Å²) >= 11 is 1.28. The first kappa shape index (κ1) is 15.6. The molecular weight excluding hydrogens is 248 g/mol. The van der Waals surface area contributed by atoms with Gasteiger partial charge < -0.3 is 0 Å². The lowest BCUT2D eigenvalue weighted by molar-refractivity contribution is 0.391. The van der Waals surface area contributed by atoms with E-state index in [-0.39, 0.29) is 5.47 Å². The summed E-state index contributed by atoms with van der Waals surface area (Å²) in [7, 11) is 11.0. The molecule has 0 nitrogen and oxygen atoms in total. The highest BCUT2D eigenvalue weighted by Crippen LogP contribution is 2.33. The van der Waals surface area contributed by atoms with Crippen molar-refractivity contribution in [2.24, 2.45) is 5.92 Å². The Bertz CT molecular complexity index is 345. The minimum atomic E-state index is -1.04. The van der Waals surface area contributed by atoms with E-state index in [1.807, 2.05) is 0 Å². The largest absolute Gasteiger partial charge is 0.204 e. The smallest absolute Gasteiger partial charge is 0.164 e. The Kier molecular flexibility index (Phi) is 6.83. The number of hydrogen-bond acceptors (Lipinski definition) is 1. The van der Waals surface area contributed by atoms with Gasteiger partial charge in [0.15, 0.2) is 11.7 Å². The van der Waals surface area contributed by atoms with Crippen molar-refractivity contribution in [1.29, 1.82) is 0 Å². The van der Waals surface area contributed by atoms with Gasteiger partial charge in [0.2, 0.25) is 0 Å². The second-order valence-electron chi connectivity index (χ2n) is 4.55. The third kappa shape index (κ3) is 5.05. The van der Waals surface area contributed by atoms with Crippen molar-refractivity contribution in [3.05, 3.63) is 35.2 Å². The molecule has 0 aromatic heterocycles. The van der Waals surface area contributed by atoms with Crippen molar-refractivity contribution in [1.82, 2.24) is 0 Å². The molecule has 0 aliphatic heterocycles. The van der Waals surface area contributed by atoms with E-state index in [2.05, 4.69) is 6.58 Å². The molecule has 4 radical (unpaired) electrons. The van der Waals surface area contributed by atoms with Crippen LogP contribution in [0.15, 0.2) is 35.2 Å². The minimum absolute atomic E-state index is 0.270. The summed E-state index contributed by atoms with van der Waals surface area (Å²) in [6, 6.07) is 0. The molecule has 1 rings (SSSR count). The Balaban J connectivity index is 2.38. The Morgan fingerprint density at radius 2 is 1.89 bits per heavy atom. The molecule has 94 valence electrons. The molecule has 0 saturated heterocycles. The van der Waals surface area contributed by atoms with Crippen molar-refractivity contribution in [2.75, 3.05) is 5.75 Å². The summed E-state index contributed by atoms with van der Waals surface area (Å²) in [5, 5.41) is 1.18. The van der Waals surface area contributed by atoms with Crippen LogP contribution in [0.1, 0.15) is 25.7 Å². The summed E-state index contributed by atoms with van der Waals surface area (Å²) in [5.74, 6) is -0.316. The van der Waals surface area contributed by atoms with Gasteiger partial charge in [0, 0.05) is 11.2 Å². The monoisotopic (exact) mass is 264 g/mol. The van der Waals surface area contributed by atoms with Crippen LogP contribution in [0, 0.1) is 5.92 Å². The van der Waals surface area contributed by atoms with Crippen molar-refractivity contribution < 1.29 is 8.78 Å². The normalized spacial score (nSPS) is 26.7. The molecular formula is C13H16B2F2S. The maximum Gasteiger partial charge on any atom is 0.164 e. The Morgan fingerprint density at radius 1 is 1.28 bits per heavy atom. The van der Waals surface area contributed by atoms with Crippen LogP contribution in [0.4, 0.5) is 8.78 Å². The van der Waals surface area contributed by atoms with Crippen LogP contribution in [-0.4, -0.2) is 21.4 Å². The lowest BCUT2D eigenvalue weighted by Gasteiger charge is -2.25. The molecule has 1 fully saturated rings. The Hall–Kier alpha value is -0.440. The predicted molar refractivity (Wildman–Crippen MR) is 77.2 cm³/mol. The van der Waals surface area contributed by atoms with Gasteiger partial charge in [0.25, 0.3) is 0 Å². The molecule has 0 bridgehead atoms. The van der Waals surface area contributed by atoms with E-state index >= 15 is 0 Å². The third-order valence-corrected chi connectivity index (χ3v) is 4.13. The summed E-state index contributed by atoms with van der Waals surface area (Å²) in [5.41, 5.74) is -0.270. The topological polar surface area (TPSA) is 0 Å². The van der Waals surface area contributed by atoms with E-state index in [0.717, 1.165) is 37.5 Å². The zero-order valence-electron chi connectivity index (χ0n) is 10.4. The molecule has 0 unspecified atom stereocenters. The van der Waals surface area contributed by atoms with Crippen LogP contribution in [0.2, 0.25) is 5.82 Å². The molecule has 0 amide bonds. The fourth-order valence-corrected chi connectivity index (χ4v) is 2.84. The summed E-state index contributed by atoms with van der Waals surface area (Å²) < 4.78 is 26.5. The lowest BCUT2D eigenvalue weighted by atomic mass is 9.72. The van der Waals surface area contributed by atoms with Gasteiger partial charge >= 0.3 is 0 Å². The molecule has 1 aliphatic carbocycles. The van der Waals surface area contributed by atoms with E-state index in [1.54, 1.807) is 0 Å². The van der Waals surface area contributed by atoms with Gasteiger partial charge in [-0.1, -0.05) is 49.6 Å². The minimum Gasteiger partial charge on any atom is -0.204 e. The molecule has 1 aliphatic rings. The van der Waals surface area contributed by atoms with Crippen LogP contribution in [0.3, 0.4) is 0 Å². The van der Waals surface area contributed by atoms with Crippen LogP contribution < -0.4 is 0 Å². The van der Waals surface area contributed by atoms with E-state index in [9.17, 15) is 8.78 Å². The van der Waals surface area contributed by atoms with Crippen molar-refractivity contribution in [3.8, 4) is 0 Å². The third-order valence-electron chi connectivity index (χ3n) is 3.09. The van der Waals surface area contributed by atoms with Gasteiger partial charge in [-0.3, -0.25) is 0 Å². The van der Waals surface area contributed by atoms with Crippen LogP contribution in [0.25, 0.3) is 0 Å². The molecule has 0 heterocycles. The maximum atomic E-state index is 13.3. The molecule has 0 N–H and O–H groups in total. The molecule has 1 saturated carbocycles. The van der Waals surface area contributed by atoms with Crippen molar-refractivity contribution in [3.63, 3.8) is 0 Å². The second-order valence-corrected chi connectivity index (χ2v) is 5.46. The fourth-order valence-electron chi connectivity index (χ4n) is 1.89. The fraction of sp³-hybridized carbons (Fsp3) is 0.538. The number of hydrogen-bond donors (Lipinski definition) is 0. The van der Waals surface area contributed by atoms with Gasteiger partial charge in [0.05, 0.1) is 7.85 Å².